The summed E-state index contributed by atoms with van der Waals surface area (Å²) in [6.45, 7) is 3.75. The second-order valence-corrected chi connectivity index (χ2v) is 10.0. The number of imidazole rings is 1. The van der Waals surface area contributed by atoms with Gasteiger partial charge in [0.2, 0.25) is 5.91 Å². The molecule has 0 aliphatic carbocycles. The van der Waals surface area contributed by atoms with Crippen LogP contribution in [-0.2, 0) is 27.7 Å². The van der Waals surface area contributed by atoms with Crippen LogP contribution in [0.1, 0.15) is 36.6 Å². The summed E-state index contributed by atoms with van der Waals surface area (Å²) in [6, 6.07) is 14.5. The number of hydrogen-bond donors (Lipinski definition) is 1. The second kappa shape index (κ2) is 9.95. The Hall–Kier alpha value is -3.59. The van der Waals surface area contributed by atoms with Crippen molar-refractivity contribution in [2.75, 3.05) is 0 Å². The lowest BCUT2D eigenvalue weighted by molar-refractivity contribution is -0.119. The van der Waals surface area contributed by atoms with Gasteiger partial charge in [-0.15, -0.1) is 0 Å². The first-order chi connectivity index (χ1) is 16.7. The molecule has 4 rings (SSSR count). The van der Waals surface area contributed by atoms with Gasteiger partial charge in [-0.2, -0.15) is 0 Å². The summed E-state index contributed by atoms with van der Waals surface area (Å²) in [6.07, 6.45) is 2.85. The summed E-state index contributed by atoms with van der Waals surface area (Å²) in [5, 5.41) is 0. The molecule has 0 saturated carbocycles. The van der Waals surface area contributed by atoms with Gasteiger partial charge in [0.15, 0.2) is 11.5 Å². The highest BCUT2D eigenvalue weighted by molar-refractivity contribution is 7.90. The molecular formula is C26H25F2N3O3S. The Kier molecular flexibility index (Phi) is 6.98. The number of nitrogens with zero attached hydrogens (tertiary/aromatic N) is 2. The molecule has 2 heterocycles. The zero-order chi connectivity index (χ0) is 25.2. The Labute approximate surface area is 202 Å². The van der Waals surface area contributed by atoms with Crippen LogP contribution in [0.15, 0.2) is 65.7 Å². The van der Waals surface area contributed by atoms with E-state index >= 15 is 0 Å². The van der Waals surface area contributed by atoms with Gasteiger partial charge in [0, 0.05) is 24.2 Å². The first-order valence-corrected chi connectivity index (χ1v) is 12.7. The molecule has 0 aliphatic rings. The van der Waals surface area contributed by atoms with E-state index in [9.17, 15) is 22.0 Å². The Morgan fingerprint density at radius 2 is 1.74 bits per heavy atom. The molecule has 9 heteroatoms. The molecular weight excluding hydrogens is 472 g/mol. The minimum absolute atomic E-state index is 0.0469. The number of sulfonamides is 1. The number of nitrogens with one attached hydrogen (secondary N) is 1. The summed E-state index contributed by atoms with van der Waals surface area (Å²) in [5.41, 5.74) is 4.01. The van der Waals surface area contributed by atoms with Gasteiger partial charge in [0.25, 0.3) is 10.0 Å². The molecule has 6 nitrogen and oxygen atoms in total. The van der Waals surface area contributed by atoms with E-state index in [2.05, 4.69) is 9.71 Å². The predicted octanol–water partition coefficient (Wildman–Crippen LogP) is 4.98. The first-order valence-electron chi connectivity index (χ1n) is 11.3. The van der Waals surface area contributed by atoms with Crippen LogP contribution >= 0.6 is 0 Å². The van der Waals surface area contributed by atoms with Gasteiger partial charge in [0.1, 0.15) is 5.82 Å². The van der Waals surface area contributed by atoms with Crippen molar-refractivity contribution in [3.63, 3.8) is 0 Å². The monoisotopic (exact) mass is 497 g/mol. The third-order valence-electron chi connectivity index (χ3n) is 5.72. The molecule has 2 aromatic carbocycles. The van der Waals surface area contributed by atoms with E-state index in [1.807, 2.05) is 38.1 Å². The average Bonchev–Trinajstić information content (AvgIpc) is 3.18. The highest BCUT2D eigenvalue weighted by Crippen LogP contribution is 2.28. The summed E-state index contributed by atoms with van der Waals surface area (Å²) in [4.78, 5) is 16.6. The minimum atomic E-state index is -3.89. The fraction of sp³-hybridized carbons (Fsp3) is 0.231. The van der Waals surface area contributed by atoms with Crippen LogP contribution in [0.4, 0.5) is 8.78 Å². The molecule has 0 atom stereocenters. The number of pyridine rings is 1. The largest absolute Gasteiger partial charge is 0.294 e. The predicted molar refractivity (Wildman–Crippen MR) is 129 cm³/mol. The molecule has 4 aromatic rings. The van der Waals surface area contributed by atoms with Gasteiger partial charge >= 0.3 is 0 Å². The zero-order valence-electron chi connectivity index (χ0n) is 19.4. The van der Waals surface area contributed by atoms with Crippen LogP contribution in [0.3, 0.4) is 0 Å². The van der Waals surface area contributed by atoms with Crippen LogP contribution in [0, 0.1) is 18.6 Å². The molecule has 0 aliphatic heterocycles. The molecule has 0 bridgehead atoms. The van der Waals surface area contributed by atoms with Gasteiger partial charge in [-0.05, 0) is 43.9 Å². The van der Waals surface area contributed by atoms with Crippen molar-refractivity contribution < 1.29 is 22.0 Å². The van der Waals surface area contributed by atoms with E-state index in [4.69, 9.17) is 0 Å². The number of halogens is 2. The lowest BCUT2D eigenvalue weighted by atomic mass is 10.0. The van der Waals surface area contributed by atoms with E-state index in [0.29, 0.717) is 30.7 Å². The molecule has 35 heavy (non-hydrogen) atoms. The van der Waals surface area contributed by atoms with Gasteiger partial charge in [0.05, 0.1) is 16.3 Å². The number of hydrogen-bond acceptors (Lipinski definition) is 4. The molecule has 0 saturated heterocycles. The SMILES string of the molecule is CCc1nc2c(F)cc(F)cn2c1-c1ccc(CCCC(=O)NS(=O)(=O)c2ccc(C)cc2)cc1. The van der Waals surface area contributed by atoms with E-state index in [-0.39, 0.29) is 17.0 Å². The van der Waals surface area contributed by atoms with E-state index in [1.54, 1.807) is 12.1 Å². The van der Waals surface area contributed by atoms with Crippen molar-refractivity contribution in [1.82, 2.24) is 14.1 Å². The van der Waals surface area contributed by atoms with E-state index in [1.165, 1.54) is 22.7 Å². The van der Waals surface area contributed by atoms with Crippen molar-refractivity contribution in [1.29, 1.82) is 0 Å². The van der Waals surface area contributed by atoms with Crippen LogP contribution in [0.25, 0.3) is 16.9 Å². The van der Waals surface area contributed by atoms with Crippen LogP contribution in [0.5, 0.6) is 0 Å². The van der Waals surface area contributed by atoms with Crippen molar-refractivity contribution in [2.45, 2.75) is 44.4 Å². The number of aromatic nitrogens is 2. The lowest BCUT2D eigenvalue weighted by Crippen LogP contribution is -2.30. The Bertz CT molecular complexity index is 1480. The number of amides is 1. The van der Waals surface area contributed by atoms with Crippen LogP contribution in [-0.4, -0.2) is 23.7 Å². The second-order valence-electron chi connectivity index (χ2n) is 8.35. The van der Waals surface area contributed by atoms with Crippen LogP contribution in [0.2, 0.25) is 0 Å². The number of rotatable bonds is 8. The standard InChI is InChI=1S/C26H25F2N3O3S/c1-3-23-25(31-16-20(27)15-22(28)26(31)29-23)19-11-9-18(10-12-19)5-4-6-24(32)30-35(33,34)21-13-7-17(2)8-14-21/h7-16H,3-6H2,1-2H3,(H,30,32). The smallest absolute Gasteiger partial charge is 0.264 e. The van der Waals surface area contributed by atoms with Crippen molar-refractivity contribution in [2.24, 2.45) is 0 Å². The minimum Gasteiger partial charge on any atom is -0.294 e. The fourth-order valence-corrected chi connectivity index (χ4v) is 4.95. The lowest BCUT2D eigenvalue weighted by Gasteiger charge is -2.08. The Morgan fingerprint density at radius 3 is 2.40 bits per heavy atom. The number of aryl methyl sites for hydroxylation is 3. The summed E-state index contributed by atoms with van der Waals surface area (Å²) >= 11 is 0. The molecule has 0 unspecified atom stereocenters. The third kappa shape index (κ3) is 5.40. The number of carbonyl (C=O) groups is 1. The number of benzene rings is 2. The van der Waals surface area contributed by atoms with Crippen molar-refractivity contribution in [3.05, 3.63) is 89.2 Å². The quantitative estimate of drug-likeness (QED) is 0.372. The average molecular weight is 498 g/mol. The Morgan fingerprint density at radius 1 is 1.06 bits per heavy atom. The van der Waals surface area contributed by atoms with Crippen molar-refractivity contribution in [3.8, 4) is 11.3 Å². The normalized spacial score (nSPS) is 11.7. The van der Waals surface area contributed by atoms with Gasteiger partial charge < -0.3 is 0 Å². The molecule has 1 N–H and O–H groups in total. The molecule has 0 spiro atoms. The molecule has 1 amide bonds. The number of fused-ring (bicyclic) bond motifs is 1. The van der Waals surface area contributed by atoms with Gasteiger partial charge in [-0.3, -0.25) is 9.20 Å². The molecule has 0 radical (unpaired) electrons. The van der Waals surface area contributed by atoms with E-state index < -0.39 is 27.6 Å². The zero-order valence-corrected chi connectivity index (χ0v) is 20.2. The molecule has 2 aromatic heterocycles. The molecule has 0 fully saturated rings. The summed E-state index contributed by atoms with van der Waals surface area (Å²) in [5.74, 6) is -1.97. The van der Waals surface area contributed by atoms with E-state index in [0.717, 1.165) is 22.8 Å². The third-order valence-corrected chi connectivity index (χ3v) is 7.11. The fourth-order valence-electron chi connectivity index (χ4n) is 3.93. The maximum absolute atomic E-state index is 14.2. The van der Waals surface area contributed by atoms with Gasteiger partial charge in [-0.25, -0.2) is 26.9 Å². The maximum atomic E-state index is 14.2. The topological polar surface area (TPSA) is 80.5 Å². The highest BCUT2D eigenvalue weighted by atomic mass is 32.2. The first kappa shape index (κ1) is 24.5. The number of carbonyl (C=O) groups excluding carboxylic acids is 1. The Balaban J connectivity index is 1.41. The highest BCUT2D eigenvalue weighted by Gasteiger charge is 2.18. The molecule has 182 valence electrons. The summed E-state index contributed by atoms with van der Waals surface area (Å²) in [7, 11) is -3.89. The van der Waals surface area contributed by atoms with Crippen LogP contribution < -0.4 is 4.72 Å². The summed E-state index contributed by atoms with van der Waals surface area (Å²) < 4.78 is 56.2. The maximum Gasteiger partial charge on any atom is 0.264 e. The van der Waals surface area contributed by atoms with Crippen molar-refractivity contribution >= 4 is 21.6 Å². The van der Waals surface area contributed by atoms with Gasteiger partial charge in [-0.1, -0.05) is 48.9 Å².